The van der Waals surface area contributed by atoms with E-state index in [1.54, 1.807) is 0 Å². The summed E-state index contributed by atoms with van der Waals surface area (Å²) in [7, 11) is 1.41. The van der Waals surface area contributed by atoms with Crippen LogP contribution < -0.4 is 0 Å². The molecule has 0 fully saturated rings. The topological polar surface area (TPSA) is 108 Å². The van der Waals surface area contributed by atoms with Crippen molar-refractivity contribution in [3.63, 3.8) is 0 Å². The maximum Gasteiger partial charge on any atom is 0.472 e. The van der Waals surface area contributed by atoms with Crippen molar-refractivity contribution < 1.29 is 42.1 Å². The number of phosphoric ester groups is 1. The number of allylic oxidation sites excluding steroid dienone is 16. The molecule has 0 aromatic rings. The van der Waals surface area contributed by atoms with E-state index in [2.05, 4.69) is 111 Å². The van der Waals surface area contributed by atoms with Gasteiger partial charge in [-0.2, -0.15) is 0 Å². The second kappa shape index (κ2) is 41.3. The van der Waals surface area contributed by atoms with E-state index in [0.717, 1.165) is 64.2 Å². The second-order valence-corrected chi connectivity index (χ2v) is 17.5. The monoisotopic (exact) mass is 859 g/mol. The highest BCUT2D eigenvalue weighted by Gasteiger charge is 2.27. The number of nitrogens with zero attached hydrogens (tertiary/aromatic N) is 1. The van der Waals surface area contributed by atoms with Crippen LogP contribution in [0.4, 0.5) is 0 Å². The third kappa shape index (κ3) is 44.5. The Labute approximate surface area is 366 Å². The summed E-state index contributed by atoms with van der Waals surface area (Å²) < 4.78 is 34.2. The molecule has 0 aliphatic rings. The van der Waals surface area contributed by atoms with Crippen LogP contribution in [0.5, 0.6) is 0 Å². The zero-order valence-corrected chi connectivity index (χ0v) is 39.3. The van der Waals surface area contributed by atoms with Crippen molar-refractivity contribution in [2.75, 3.05) is 47.5 Å². The van der Waals surface area contributed by atoms with Crippen molar-refractivity contribution in [1.82, 2.24) is 0 Å². The molecule has 0 aromatic carbocycles. The summed E-state index contributed by atoms with van der Waals surface area (Å²) in [6.07, 6.45) is 54.6. The molecule has 0 spiro atoms. The number of unbranched alkanes of at least 4 members (excludes halogenated alkanes) is 10. The summed E-state index contributed by atoms with van der Waals surface area (Å²) in [5, 5.41) is 0. The van der Waals surface area contributed by atoms with E-state index in [4.69, 9.17) is 18.5 Å². The van der Waals surface area contributed by atoms with Gasteiger partial charge in [-0.05, 0) is 96.3 Å². The Kier molecular flexibility index (Phi) is 39.2. The summed E-state index contributed by atoms with van der Waals surface area (Å²) in [6.45, 7) is 4.24. The van der Waals surface area contributed by atoms with Crippen molar-refractivity contribution in [2.24, 2.45) is 0 Å². The van der Waals surface area contributed by atoms with Gasteiger partial charge in [0.25, 0.3) is 0 Å². The number of phosphoric acid groups is 1. The van der Waals surface area contributed by atoms with Crippen LogP contribution in [-0.2, 0) is 32.7 Å². The molecule has 342 valence electrons. The van der Waals surface area contributed by atoms with Gasteiger partial charge in [-0.3, -0.25) is 18.6 Å². The van der Waals surface area contributed by atoms with Gasteiger partial charge in [-0.1, -0.05) is 143 Å². The van der Waals surface area contributed by atoms with Crippen molar-refractivity contribution in [2.45, 2.75) is 161 Å². The van der Waals surface area contributed by atoms with Crippen LogP contribution in [0.25, 0.3) is 0 Å². The van der Waals surface area contributed by atoms with E-state index in [0.29, 0.717) is 23.9 Å². The third-order valence-corrected chi connectivity index (χ3v) is 10.1. The zero-order valence-electron chi connectivity index (χ0n) is 38.4. The molecule has 60 heavy (non-hydrogen) atoms. The molecule has 0 saturated heterocycles. The molecule has 0 saturated carbocycles. The fourth-order valence-corrected chi connectivity index (χ4v) is 6.20. The van der Waals surface area contributed by atoms with Crippen molar-refractivity contribution in [3.05, 3.63) is 97.2 Å². The molecule has 0 bridgehead atoms. The van der Waals surface area contributed by atoms with E-state index in [1.807, 2.05) is 21.1 Å². The van der Waals surface area contributed by atoms with E-state index in [-0.39, 0.29) is 26.1 Å². The van der Waals surface area contributed by atoms with E-state index in [9.17, 15) is 19.0 Å². The highest BCUT2D eigenvalue weighted by molar-refractivity contribution is 7.47. The number of quaternary nitrogens is 1. The van der Waals surface area contributed by atoms with Crippen molar-refractivity contribution >= 4 is 19.8 Å². The van der Waals surface area contributed by atoms with Gasteiger partial charge in [-0.25, -0.2) is 4.57 Å². The van der Waals surface area contributed by atoms with Gasteiger partial charge in [0.2, 0.25) is 0 Å². The molecule has 1 unspecified atom stereocenters. The number of carbonyl (C=O) groups excluding carboxylic acids is 2. The number of carbonyl (C=O) groups is 2. The Morgan fingerprint density at radius 3 is 1.35 bits per heavy atom. The Morgan fingerprint density at radius 2 is 0.917 bits per heavy atom. The molecule has 0 heterocycles. The number of likely N-dealkylation sites (N-methyl/N-ethyl adjacent to an activating group) is 1. The normalized spacial score (nSPS) is 14.4. The Bertz CT molecular complexity index is 1340. The molecular weight excluding hydrogens is 774 g/mol. The highest BCUT2D eigenvalue weighted by Crippen LogP contribution is 2.43. The van der Waals surface area contributed by atoms with Crippen LogP contribution in [-0.4, -0.2) is 74.9 Å². The number of rotatable bonds is 40. The minimum atomic E-state index is -4.40. The van der Waals surface area contributed by atoms with Crippen LogP contribution in [0, 0.1) is 0 Å². The number of hydrogen-bond donors (Lipinski definition) is 1. The van der Waals surface area contributed by atoms with Crippen molar-refractivity contribution in [3.8, 4) is 0 Å². The highest BCUT2D eigenvalue weighted by atomic mass is 31.2. The molecule has 0 aliphatic carbocycles. The summed E-state index contributed by atoms with van der Waals surface area (Å²) >= 11 is 0. The van der Waals surface area contributed by atoms with E-state index in [1.165, 1.54) is 51.4 Å². The molecule has 10 heteroatoms. The quantitative estimate of drug-likeness (QED) is 0.0213. The smallest absolute Gasteiger partial charge is 0.462 e. The number of ether oxygens (including phenoxy) is 2. The first-order valence-electron chi connectivity index (χ1n) is 23.0. The van der Waals surface area contributed by atoms with Crippen LogP contribution >= 0.6 is 7.82 Å². The summed E-state index contributed by atoms with van der Waals surface area (Å²) in [4.78, 5) is 35.4. The predicted molar refractivity (Wildman–Crippen MR) is 252 cm³/mol. The Balaban J connectivity index is 4.52. The van der Waals surface area contributed by atoms with Gasteiger partial charge in [0.15, 0.2) is 6.10 Å². The van der Waals surface area contributed by atoms with Gasteiger partial charge < -0.3 is 18.9 Å². The first-order chi connectivity index (χ1) is 29.0. The molecule has 2 atom stereocenters. The standard InChI is InChI=1S/C50H84NO8P/c1-6-8-10-12-14-16-18-20-22-24-25-27-29-31-33-35-37-39-41-43-50(53)59-48(47-58-60(54,55)57-45-44-51(3,4)5)46-56-49(52)42-40-38-36-34-32-30-28-26-23-21-19-17-15-13-11-9-7-2/h14-17,20-23,25,27-28,30-31,33-34,36,48H,6-13,18-19,24,26,29,32,35,37-47H2,1-5H3/p+1/b16-14+,17-15+,22-20+,23-21+,27-25+,30-28+,33-31+,36-34+/t48-/m1/s1. The lowest BCUT2D eigenvalue weighted by Crippen LogP contribution is -2.37. The van der Waals surface area contributed by atoms with E-state index < -0.39 is 32.5 Å². The fourth-order valence-electron chi connectivity index (χ4n) is 5.46. The van der Waals surface area contributed by atoms with Crippen LogP contribution in [0.15, 0.2) is 97.2 Å². The van der Waals surface area contributed by atoms with Crippen molar-refractivity contribution in [1.29, 1.82) is 0 Å². The SMILES string of the molecule is CCCCC/C=C/C/C=C/C/C=C/C/C=C/CCCCCC(=O)O[C@H](COC(=O)CCC/C=C/C/C=C/C/C=C/C/C=C/CCCCC)COP(=O)(O)OCC[N+](C)(C)C. The zero-order chi connectivity index (χ0) is 44.3. The molecule has 0 aliphatic heterocycles. The molecular formula is C50H85NO8P+. The third-order valence-electron chi connectivity index (χ3n) is 9.09. The first kappa shape index (κ1) is 56.9. The second-order valence-electron chi connectivity index (χ2n) is 16.1. The van der Waals surface area contributed by atoms with Gasteiger partial charge in [0.1, 0.15) is 19.8 Å². The lowest BCUT2D eigenvalue weighted by Gasteiger charge is -2.24. The molecule has 1 N–H and O–H groups in total. The van der Waals surface area contributed by atoms with Gasteiger partial charge >= 0.3 is 19.8 Å². The lowest BCUT2D eigenvalue weighted by atomic mass is 10.1. The van der Waals surface area contributed by atoms with Gasteiger partial charge in [0.05, 0.1) is 27.7 Å². The maximum atomic E-state index is 12.7. The Morgan fingerprint density at radius 1 is 0.517 bits per heavy atom. The van der Waals surface area contributed by atoms with E-state index >= 15 is 0 Å². The minimum Gasteiger partial charge on any atom is -0.462 e. The Hall–Kier alpha value is -3.07. The maximum absolute atomic E-state index is 12.7. The summed E-state index contributed by atoms with van der Waals surface area (Å²) in [6, 6.07) is 0. The predicted octanol–water partition coefficient (Wildman–Crippen LogP) is 13.4. The molecule has 0 aromatic heterocycles. The number of hydrogen-bond acceptors (Lipinski definition) is 7. The number of esters is 2. The average molecular weight is 859 g/mol. The average Bonchev–Trinajstić information content (AvgIpc) is 3.20. The minimum absolute atomic E-state index is 0.0111. The van der Waals surface area contributed by atoms with Crippen LogP contribution in [0.3, 0.4) is 0 Å². The van der Waals surface area contributed by atoms with Crippen LogP contribution in [0.1, 0.15) is 155 Å². The largest absolute Gasteiger partial charge is 0.472 e. The summed E-state index contributed by atoms with van der Waals surface area (Å²) in [5.74, 6) is -0.910. The molecule has 0 radical (unpaired) electrons. The lowest BCUT2D eigenvalue weighted by molar-refractivity contribution is -0.870. The van der Waals surface area contributed by atoms with Gasteiger partial charge in [0, 0.05) is 12.8 Å². The molecule has 9 nitrogen and oxygen atoms in total. The molecule has 0 rings (SSSR count). The van der Waals surface area contributed by atoms with Gasteiger partial charge in [-0.15, -0.1) is 0 Å². The fraction of sp³-hybridized carbons (Fsp3) is 0.640. The first-order valence-corrected chi connectivity index (χ1v) is 24.5. The summed E-state index contributed by atoms with van der Waals surface area (Å²) in [5.41, 5.74) is 0. The van der Waals surface area contributed by atoms with Crippen LogP contribution in [0.2, 0.25) is 0 Å². The molecule has 0 amide bonds.